The highest BCUT2D eigenvalue weighted by molar-refractivity contribution is 14.0. The fourth-order valence-electron chi connectivity index (χ4n) is 1.87. The van der Waals surface area contributed by atoms with Crippen molar-refractivity contribution in [2.75, 3.05) is 13.6 Å². The van der Waals surface area contributed by atoms with E-state index in [2.05, 4.69) is 15.6 Å². The Balaban J connectivity index is 0.00000180. The molecule has 1 aromatic heterocycles. The Kier molecular flexibility index (Phi) is 6.12. The number of hydrogen-bond donors (Lipinski definition) is 3. The van der Waals surface area contributed by atoms with Crippen molar-refractivity contribution in [3.05, 3.63) is 24.2 Å². The normalized spacial score (nSPS) is 19.0. The van der Waals surface area contributed by atoms with Crippen LogP contribution in [0.1, 0.15) is 31.9 Å². The SMILES string of the molecule is CN=C(NCC(C)(O)c1ccco1)NC1CCC1.I. The first-order valence-electron chi connectivity index (χ1n) is 6.35. The van der Waals surface area contributed by atoms with Crippen LogP contribution in [-0.2, 0) is 5.60 Å². The van der Waals surface area contributed by atoms with Crippen LogP contribution in [0.25, 0.3) is 0 Å². The summed E-state index contributed by atoms with van der Waals surface area (Å²) in [7, 11) is 1.73. The molecule has 1 saturated carbocycles. The Morgan fingerprint density at radius 2 is 2.32 bits per heavy atom. The van der Waals surface area contributed by atoms with Crippen LogP contribution in [0.15, 0.2) is 27.8 Å². The standard InChI is InChI=1S/C13H21N3O2.HI/c1-13(17,11-7-4-8-18-11)9-15-12(14-2)16-10-5-3-6-10;/h4,7-8,10,17H,3,5-6,9H2,1-2H3,(H2,14,15,16);1H. The molecule has 1 aliphatic carbocycles. The second kappa shape index (κ2) is 7.14. The number of furan rings is 1. The molecule has 6 heteroatoms. The molecule has 19 heavy (non-hydrogen) atoms. The fraction of sp³-hybridized carbons (Fsp3) is 0.615. The van der Waals surface area contributed by atoms with E-state index in [1.54, 1.807) is 32.4 Å². The third-order valence-electron chi connectivity index (χ3n) is 3.32. The van der Waals surface area contributed by atoms with Crippen LogP contribution in [0, 0.1) is 0 Å². The predicted octanol–water partition coefficient (Wildman–Crippen LogP) is 1.82. The number of aliphatic hydroxyl groups is 1. The molecule has 1 heterocycles. The van der Waals surface area contributed by atoms with Crippen molar-refractivity contribution in [3.63, 3.8) is 0 Å². The minimum absolute atomic E-state index is 0. The topological polar surface area (TPSA) is 69.8 Å². The van der Waals surface area contributed by atoms with E-state index in [0.717, 1.165) is 5.96 Å². The van der Waals surface area contributed by atoms with E-state index >= 15 is 0 Å². The molecule has 5 nitrogen and oxygen atoms in total. The van der Waals surface area contributed by atoms with Gasteiger partial charge < -0.3 is 20.2 Å². The lowest BCUT2D eigenvalue weighted by Crippen LogP contribution is -2.49. The minimum Gasteiger partial charge on any atom is -0.466 e. The van der Waals surface area contributed by atoms with Crippen molar-refractivity contribution in [3.8, 4) is 0 Å². The van der Waals surface area contributed by atoms with Crippen molar-refractivity contribution in [1.82, 2.24) is 10.6 Å². The molecule has 0 saturated heterocycles. The maximum atomic E-state index is 10.3. The zero-order chi connectivity index (χ0) is 13.0. The molecule has 1 aromatic rings. The average Bonchev–Trinajstić information content (AvgIpc) is 2.81. The van der Waals surface area contributed by atoms with Gasteiger partial charge in [-0.3, -0.25) is 4.99 Å². The third-order valence-corrected chi connectivity index (χ3v) is 3.32. The van der Waals surface area contributed by atoms with Gasteiger partial charge in [-0.1, -0.05) is 0 Å². The smallest absolute Gasteiger partial charge is 0.191 e. The second-order valence-corrected chi connectivity index (χ2v) is 4.95. The van der Waals surface area contributed by atoms with Crippen molar-refractivity contribution in [2.24, 2.45) is 4.99 Å². The van der Waals surface area contributed by atoms with E-state index in [0.29, 0.717) is 18.3 Å². The van der Waals surface area contributed by atoms with Gasteiger partial charge in [0.15, 0.2) is 5.96 Å². The molecule has 2 rings (SSSR count). The van der Waals surface area contributed by atoms with E-state index in [1.807, 2.05) is 0 Å². The van der Waals surface area contributed by atoms with Crippen LogP contribution < -0.4 is 10.6 Å². The van der Waals surface area contributed by atoms with Gasteiger partial charge in [0.05, 0.1) is 12.8 Å². The van der Waals surface area contributed by atoms with Gasteiger partial charge in [-0.2, -0.15) is 0 Å². The van der Waals surface area contributed by atoms with E-state index in [1.165, 1.54) is 19.3 Å². The zero-order valence-corrected chi connectivity index (χ0v) is 13.7. The Bertz CT molecular complexity index is 400. The van der Waals surface area contributed by atoms with Crippen LogP contribution in [0.2, 0.25) is 0 Å². The van der Waals surface area contributed by atoms with Crippen LogP contribution in [0.3, 0.4) is 0 Å². The van der Waals surface area contributed by atoms with Crippen molar-refractivity contribution >= 4 is 29.9 Å². The number of guanidine groups is 1. The van der Waals surface area contributed by atoms with E-state index in [-0.39, 0.29) is 24.0 Å². The lowest BCUT2D eigenvalue weighted by Gasteiger charge is -2.29. The summed E-state index contributed by atoms with van der Waals surface area (Å²) in [5.41, 5.74) is -1.04. The number of nitrogens with one attached hydrogen (secondary N) is 2. The lowest BCUT2D eigenvalue weighted by atomic mass is 9.93. The predicted molar refractivity (Wildman–Crippen MR) is 85.8 cm³/mol. The molecule has 1 aliphatic rings. The first-order chi connectivity index (χ1) is 8.62. The Morgan fingerprint density at radius 1 is 1.58 bits per heavy atom. The summed E-state index contributed by atoms with van der Waals surface area (Å²) in [6.45, 7) is 2.07. The number of rotatable bonds is 4. The van der Waals surface area contributed by atoms with Gasteiger partial charge in [0.2, 0.25) is 0 Å². The monoisotopic (exact) mass is 379 g/mol. The van der Waals surface area contributed by atoms with Gasteiger partial charge in [0.25, 0.3) is 0 Å². The Labute approximate surface area is 130 Å². The maximum Gasteiger partial charge on any atom is 0.191 e. The number of aliphatic imine (C=N–C) groups is 1. The van der Waals surface area contributed by atoms with Gasteiger partial charge in [-0.15, -0.1) is 24.0 Å². The molecule has 0 bridgehead atoms. The molecule has 0 spiro atoms. The molecular weight excluding hydrogens is 357 g/mol. The first-order valence-corrected chi connectivity index (χ1v) is 6.35. The highest BCUT2D eigenvalue weighted by atomic mass is 127. The molecule has 0 aliphatic heterocycles. The van der Waals surface area contributed by atoms with E-state index in [4.69, 9.17) is 4.42 Å². The van der Waals surface area contributed by atoms with Gasteiger partial charge in [-0.05, 0) is 38.3 Å². The number of nitrogens with zero attached hydrogens (tertiary/aromatic N) is 1. The maximum absolute atomic E-state index is 10.3. The highest BCUT2D eigenvalue weighted by Crippen LogP contribution is 2.20. The van der Waals surface area contributed by atoms with Crippen molar-refractivity contribution < 1.29 is 9.52 Å². The van der Waals surface area contributed by atoms with Gasteiger partial charge in [0.1, 0.15) is 11.4 Å². The summed E-state index contributed by atoms with van der Waals surface area (Å²) in [5.74, 6) is 1.28. The highest BCUT2D eigenvalue weighted by Gasteiger charge is 2.27. The summed E-state index contributed by atoms with van der Waals surface area (Å²) in [4.78, 5) is 4.15. The van der Waals surface area contributed by atoms with Crippen molar-refractivity contribution in [2.45, 2.75) is 37.8 Å². The number of halogens is 1. The van der Waals surface area contributed by atoms with Crippen LogP contribution in [0.5, 0.6) is 0 Å². The van der Waals surface area contributed by atoms with Crippen molar-refractivity contribution in [1.29, 1.82) is 0 Å². The second-order valence-electron chi connectivity index (χ2n) is 4.95. The van der Waals surface area contributed by atoms with Crippen LogP contribution in [-0.4, -0.2) is 30.7 Å². The third kappa shape index (κ3) is 4.38. The van der Waals surface area contributed by atoms with E-state index in [9.17, 15) is 5.11 Å². The minimum atomic E-state index is -1.04. The lowest BCUT2D eigenvalue weighted by molar-refractivity contribution is 0.0385. The van der Waals surface area contributed by atoms with Crippen LogP contribution >= 0.6 is 24.0 Å². The summed E-state index contributed by atoms with van der Waals surface area (Å²) in [6, 6.07) is 4.06. The Morgan fingerprint density at radius 3 is 2.79 bits per heavy atom. The summed E-state index contributed by atoms with van der Waals surface area (Å²) in [5, 5.41) is 16.7. The van der Waals surface area contributed by atoms with Crippen LogP contribution in [0.4, 0.5) is 0 Å². The fourth-order valence-corrected chi connectivity index (χ4v) is 1.87. The molecule has 1 atom stereocenters. The van der Waals surface area contributed by atoms with Gasteiger partial charge in [-0.25, -0.2) is 0 Å². The molecule has 0 radical (unpaired) electrons. The largest absolute Gasteiger partial charge is 0.466 e. The Hall–Kier alpha value is -0.760. The van der Waals surface area contributed by atoms with Gasteiger partial charge >= 0.3 is 0 Å². The summed E-state index contributed by atoms with van der Waals surface area (Å²) >= 11 is 0. The first kappa shape index (κ1) is 16.3. The summed E-state index contributed by atoms with van der Waals surface area (Å²) < 4.78 is 5.23. The molecule has 0 aromatic carbocycles. The molecule has 108 valence electrons. The number of hydrogen-bond acceptors (Lipinski definition) is 3. The quantitative estimate of drug-likeness (QED) is 0.424. The van der Waals surface area contributed by atoms with E-state index < -0.39 is 5.60 Å². The zero-order valence-electron chi connectivity index (χ0n) is 11.3. The molecule has 1 unspecified atom stereocenters. The molecule has 0 amide bonds. The molecular formula is C13H22IN3O2. The average molecular weight is 379 g/mol. The molecule has 1 fully saturated rings. The van der Waals surface area contributed by atoms with Gasteiger partial charge in [0, 0.05) is 13.1 Å². The summed E-state index contributed by atoms with van der Waals surface area (Å²) in [6.07, 6.45) is 5.22. The molecule has 3 N–H and O–H groups in total.